The molecular weight excluding hydrogens is 220 g/mol. The first-order chi connectivity index (χ1) is 8.78. The van der Waals surface area contributed by atoms with Gasteiger partial charge in [-0.25, -0.2) is 0 Å². The highest BCUT2D eigenvalue weighted by Crippen LogP contribution is 2.43. The van der Waals surface area contributed by atoms with Gasteiger partial charge in [0.2, 0.25) is 0 Å². The Hall–Kier alpha value is -1.28. The summed E-state index contributed by atoms with van der Waals surface area (Å²) in [6.45, 7) is 2.68. The topological polar surface area (TPSA) is 15.8 Å². The molecule has 1 aromatic heterocycles. The lowest BCUT2D eigenvalue weighted by Crippen LogP contribution is -2.53. The van der Waals surface area contributed by atoms with Crippen molar-refractivity contribution in [2.75, 3.05) is 20.1 Å². The van der Waals surface area contributed by atoms with Gasteiger partial charge < -0.3 is 9.47 Å². The molecule has 1 aromatic carbocycles. The Labute approximate surface area is 108 Å². The molecule has 2 atom stereocenters. The van der Waals surface area contributed by atoms with E-state index in [9.17, 15) is 0 Å². The summed E-state index contributed by atoms with van der Waals surface area (Å²) < 4.78 is 1.26. The second-order valence-electron chi connectivity index (χ2n) is 6.25. The monoisotopic (exact) mass is 241 g/mol. The number of hydrogen-bond acceptors (Lipinski definition) is 0. The average molecular weight is 241 g/mol. The molecule has 2 aromatic rings. The van der Waals surface area contributed by atoms with Crippen molar-refractivity contribution in [3.8, 4) is 0 Å². The molecule has 2 aliphatic rings. The summed E-state index contributed by atoms with van der Waals surface area (Å²) in [7, 11) is 2.46. The van der Waals surface area contributed by atoms with Crippen molar-refractivity contribution in [3.05, 3.63) is 35.5 Å². The minimum Gasteiger partial charge on any atom is -0.353 e. The summed E-state index contributed by atoms with van der Waals surface area (Å²) in [4.78, 5) is 3.72. The highest BCUT2D eigenvalue weighted by molar-refractivity contribution is 5.85. The van der Waals surface area contributed by atoms with Crippen LogP contribution in [0.15, 0.2) is 24.3 Å². The third-order valence-electron chi connectivity index (χ3n) is 5.20. The fraction of sp³-hybridized carbons (Fsp3) is 0.500. The predicted molar refractivity (Wildman–Crippen MR) is 74.5 cm³/mol. The maximum Gasteiger partial charge on any atom is 0.130 e. The summed E-state index contributed by atoms with van der Waals surface area (Å²) >= 11 is 0. The number of aromatic amines is 1. The number of nitrogens with zero attached hydrogens (tertiary/aromatic N) is 1. The molecule has 3 heterocycles. The maximum absolute atomic E-state index is 3.72. The molecule has 1 N–H and O–H groups in total. The normalized spacial score (nSPS) is 31.1. The fourth-order valence-corrected chi connectivity index (χ4v) is 4.14. The summed E-state index contributed by atoms with van der Waals surface area (Å²) in [5.74, 6) is 0. The van der Waals surface area contributed by atoms with Crippen LogP contribution in [0.25, 0.3) is 10.9 Å². The van der Waals surface area contributed by atoms with Crippen molar-refractivity contribution in [2.45, 2.75) is 31.7 Å². The smallest absolute Gasteiger partial charge is 0.130 e. The molecule has 1 fully saturated rings. The van der Waals surface area contributed by atoms with Crippen LogP contribution in [0.1, 0.15) is 36.6 Å². The lowest BCUT2D eigenvalue weighted by Gasteiger charge is -2.47. The van der Waals surface area contributed by atoms with Crippen LogP contribution in [0.5, 0.6) is 0 Å². The minimum atomic E-state index is 0.717. The van der Waals surface area contributed by atoms with E-state index in [1.807, 2.05) is 0 Å². The Kier molecular flexibility index (Phi) is 2.13. The van der Waals surface area contributed by atoms with Crippen molar-refractivity contribution in [1.82, 2.24) is 4.98 Å². The van der Waals surface area contributed by atoms with Gasteiger partial charge in [-0.3, -0.25) is 0 Å². The average Bonchev–Trinajstić information content (AvgIpc) is 2.76. The van der Waals surface area contributed by atoms with E-state index in [2.05, 4.69) is 36.3 Å². The number of likely N-dealkylation sites (N-methyl/N-ethyl adjacent to an activating group) is 1. The van der Waals surface area contributed by atoms with Gasteiger partial charge in [0.15, 0.2) is 0 Å². The molecule has 0 amide bonds. The number of para-hydroxylation sites is 1. The maximum atomic E-state index is 3.72. The number of nitrogens with one attached hydrogen (secondary N) is 1. The summed E-state index contributed by atoms with van der Waals surface area (Å²) in [6.07, 6.45) is 5.40. The number of benzene rings is 1. The zero-order valence-electron chi connectivity index (χ0n) is 11.1. The van der Waals surface area contributed by atoms with Crippen LogP contribution in [-0.2, 0) is 6.42 Å². The van der Waals surface area contributed by atoms with E-state index >= 15 is 0 Å². The van der Waals surface area contributed by atoms with Gasteiger partial charge in [-0.15, -0.1) is 0 Å². The Morgan fingerprint density at radius 2 is 2.06 bits per heavy atom. The van der Waals surface area contributed by atoms with Gasteiger partial charge in [0.05, 0.1) is 25.8 Å². The standard InChI is InChI=1S/C16H21N2/c1-18-10-5-4-8-15(18)16-13(9-11-18)12-6-2-3-7-14(12)17-16/h2-3,6-7,15,17H,4-5,8-11H2,1H3/q+1/t15-,18-/m0/s1. The molecule has 0 aliphatic carbocycles. The molecule has 2 nitrogen and oxygen atoms in total. The van der Waals surface area contributed by atoms with Crippen LogP contribution in [0.3, 0.4) is 0 Å². The molecule has 2 aliphatic heterocycles. The van der Waals surface area contributed by atoms with Gasteiger partial charge >= 0.3 is 0 Å². The van der Waals surface area contributed by atoms with Gasteiger partial charge in [-0.2, -0.15) is 0 Å². The lowest BCUT2D eigenvalue weighted by molar-refractivity contribution is -0.946. The summed E-state index contributed by atoms with van der Waals surface area (Å²) in [5.41, 5.74) is 4.49. The zero-order valence-corrected chi connectivity index (χ0v) is 11.1. The predicted octanol–water partition coefficient (Wildman–Crippen LogP) is 3.40. The quantitative estimate of drug-likeness (QED) is 0.680. The number of quaternary nitrogens is 1. The van der Waals surface area contributed by atoms with E-state index < -0.39 is 0 Å². The molecule has 0 bridgehead atoms. The fourth-order valence-electron chi connectivity index (χ4n) is 4.14. The van der Waals surface area contributed by atoms with Gasteiger partial charge in [0.1, 0.15) is 6.04 Å². The Morgan fingerprint density at radius 3 is 3.00 bits per heavy atom. The summed E-state index contributed by atoms with van der Waals surface area (Å²) in [6, 6.07) is 9.53. The first-order valence-corrected chi connectivity index (χ1v) is 7.22. The highest BCUT2D eigenvalue weighted by atomic mass is 15.4. The van der Waals surface area contributed by atoms with Gasteiger partial charge in [0.25, 0.3) is 0 Å². The van der Waals surface area contributed by atoms with Crippen LogP contribution >= 0.6 is 0 Å². The molecule has 1 saturated heterocycles. The van der Waals surface area contributed by atoms with Crippen molar-refractivity contribution >= 4 is 10.9 Å². The molecular formula is C16H21N2+. The van der Waals surface area contributed by atoms with Gasteiger partial charge in [-0.1, -0.05) is 18.2 Å². The molecule has 0 unspecified atom stereocenters. The molecule has 0 saturated carbocycles. The third kappa shape index (κ3) is 1.33. The van der Waals surface area contributed by atoms with Crippen molar-refractivity contribution in [3.63, 3.8) is 0 Å². The minimum absolute atomic E-state index is 0.717. The Morgan fingerprint density at radius 1 is 1.17 bits per heavy atom. The highest BCUT2D eigenvalue weighted by Gasteiger charge is 2.42. The van der Waals surface area contributed by atoms with Crippen LogP contribution in [0, 0.1) is 0 Å². The number of piperidine rings is 1. The molecule has 94 valence electrons. The molecule has 4 rings (SSSR count). The summed E-state index contributed by atoms with van der Waals surface area (Å²) in [5, 5.41) is 1.46. The van der Waals surface area contributed by atoms with Crippen LogP contribution in [-0.4, -0.2) is 29.6 Å². The zero-order chi connectivity index (χ0) is 12.2. The molecule has 0 radical (unpaired) electrons. The third-order valence-corrected chi connectivity index (χ3v) is 5.20. The van der Waals surface area contributed by atoms with E-state index in [0.29, 0.717) is 0 Å². The van der Waals surface area contributed by atoms with Crippen molar-refractivity contribution in [1.29, 1.82) is 0 Å². The van der Waals surface area contributed by atoms with E-state index in [4.69, 9.17) is 0 Å². The van der Waals surface area contributed by atoms with E-state index in [0.717, 1.165) is 6.04 Å². The first-order valence-electron chi connectivity index (χ1n) is 7.22. The first kappa shape index (κ1) is 10.6. The molecule has 0 spiro atoms. The van der Waals surface area contributed by atoms with Crippen LogP contribution in [0.4, 0.5) is 0 Å². The van der Waals surface area contributed by atoms with E-state index in [1.165, 1.54) is 54.2 Å². The van der Waals surface area contributed by atoms with Crippen LogP contribution < -0.4 is 0 Å². The Balaban J connectivity index is 1.92. The van der Waals surface area contributed by atoms with Crippen LogP contribution in [0.2, 0.25) is 0 Å². The Bertz CT molecular complexity index is 598. The van der Waals surface area contributed by atoms with Gasteiger partial charge in [0, 0.05) is 23.7 Å². The number of aromatic nitrogens is 1. The second kappa shape index (κ2) is 3.61. The van der Waals surface area contributed by atoms with E-state index in [1.54, 1.807) is 11.3 Å². The largest absolute Gasteiger partial charge is 0.353 e. The molecule has 18 heavy (non-hydrogen) atoms. The van der Waals surface area contributed by atoms with Crippen molar-refractivity contribution in [2.24, 2.45) is 0 Å². The number of fused-ring (bicyclic) bond motifs is 5. The second-order valence-corrected chi connectivity index (χ2v) is 6.25. The van der Waals surface area contributed by atoms with Crippen molar-refractivity contribution < 1.29 is 4.48 Å². The number of hydrogen-bond donors (Lipinski definition) is 1. The lowest BCUT2D eigenvalue weighted by atomic mass is 9.88. The SMILES string of the molecule is C[N@@+]12CCCC[C@H]1c1[nH]c3ccccc3c1CC2. The molecule has 2 heteroatoms. The number of rotatable bonds is 0. The van der Waals surface area contributed by atoms with Gasteiger partial charge in [-0.05, 0) is 24.5 Å². The number of H-pyrrole nitrogens is 1. The van der Waals surface area contributed by atoms with E-state index in [-0.39, 0.29) is 0 Å².